The largest absolute Gasteiger partial charge is 0.473 e. The molecular weight excluding hydrogens is 226 g/mol. The van der Waals surface area contributed by atoms with Gasteiger partial charge in [0.1, 0.15) is 6.61 Å². The minimum Gasteiger partial charge on any atom is -0.473 e. The molecule has 0 spiro atoms. The number of hydrogen-bond donors (Lipinski definition) is 0. The summed E-state index contributed by atoms with van der Waals surface area (Å²) in [5, 5.41) is 0. The van der Waals surface area contributed by atoms with E-state index in [9.17, 15) is 4.79 Å². The monoisotopic (exact) mass is 239 g/mol. The minimum atomic E-state index is -0.142. The number of carbonyl (C=O) groups is 1. The first-order valence-corrected chi connectivity index (χ1v) is 5.59. The van der Waals surface area contributed by atoms with Gasteiger partial charge in [0.05, 0.1) is 0 Å². The standard InChI is InChI=1S/C15H13NO2/c1-2-14(17)13-8-9-15(16-10-13)18-11-12-6-4-3-5-7-12/h2-10H,1,11H2. The molecule has 0 fully saturated rings. The lowest BCUT2D eigenvalue weighted by Gasteiger charge is -2.05. The predicted octanol–water partition coefficient (Wildman–Crippen LogP) is 3.03. The van der Waals surface area contributed by atoms with Crippen LogP contribution in [0, 0.1) is 0 Å². The number of ketones is 1. The fraction of sp³-hybridized carbons (Fsp3) is 0.0667. The highest BCUT2D eigenvalue weighted by Gasteiger charge is 2.02. The smallest absolute Gasteiger partial charge is 0.213 e. The maximum absolute atomic E-state index is 11.3. The highest BCUT2D eigenvalue weighted by Crippen LogP contribution is 2.10. The second kappa shape index (κ2) is 5.77. The van der Waals surface area contributed by atoms with E-state index in [4.69, 9.17) is 4.74 Å². The number of ether oxygens (including phenoxy) is 1. The summed E-state index contributed by atoms with van der Waals surface area (Å²) < 4.78 is 5.51. The Balaban J connectivity index is 1.99. The van der Waals surface area contributed by atoms with E-state index in [1.807, 2.05) is 30.3 Å². The molecule has 2 rings (SSSR count). The van der Waals surface area contributed by atoms with E-state index in [2.05, 4.69) is 11.6 Å². The average Bonchev–Trinajstić information content (AvgIpc) is 2.46. The van der Waals surface area contributed by atoms with Crippen molar-refractivity contribution in [1.29, 1.82) is 0 Å². The SMILES string of the molecule is C=CC(=O)c1ccc(OCc2ccccc2)nc1. The van der Waals surface area contributed by atoms with Crippen LogP contribution < -0.4 is 4.74 Å². The Morgan fingerprint density at radius 3 is 2.61 bits per heavy atom. The summed E-state index contributed by atoms with van der Waals surface area (Å²) in [6.45, 7) is 3.89. The summed E-state index contributed by atoms with van der Waals surface area (Å²) in [6.07, 6.45) is 2.76. The van der Waals surface area contributed by atoms with Crippen LogP contribution >= 0.6 is 0 Å². The van der Waals surface area contributed by atoms with Gasteiger partial charge in [0.15, 0.2) is 5.78 Å². The molecule has 0 aliphatic heterocycles. The van der Waals surface area contributed by atoms with Gasteiger partial charge in [-0.3, -0.25) is 4.79 Å². The molecule has 2 aromatic rings. The Bertz CT molecular complexity index is 532. The van der Waals surface area contributed by atoms with E-state index in [0.717, 1.165) is 5.56 Å². The second-order valence-corrected chi connectivity index (χ2v) is 3.73. The quantitative estimate of drug-likeness (QED) is 0.594. The first kappa shape index (κ1) is 12.0. The third-order valence-electron chi connectivity index (χ3n) is 2.44. The van der Waals surface area contributed by atoms with E-state index >= 15 is 0 Å². The third kappa shape index (κ3) is 3.04. The molecule has 0 N–H and O–H groups in total. The van der Waals surface area contributed by atoms with Gasteiger partial charge in [-0.1, -0.05) is 36.9 Å². The van der Waals surface area contributed by atoms with Gasteiger partial charge < -0.3 is 4.74 Å². The predicted molar refractivity (Wildman–Crippen MR) is 69.5 cm³/mol. The Labute approximate surface area is 106 Å². The molecular formula is C15H13NO2. The number of rotatable bonds is 5. The van der Waals surface area contributed by atoms with Crippen LogP contribution in [0.3, 0.4) is 0 Å². The molecule has 1 heterocycles. The number of allylic oxidation sites excluding steroid dienone is 1. The van der Waals surface area contributed by atoms with E-state index in [1.54, 1.807) is 12.1 Å². The zero-order valence-electron chi connectivity index (χ0n) is 9.87. The van der Waals surface area contributed by atoms with Crippen LogP contribution in [0.4, 0.5) is 0 Å². The molecule has 0 unspecified atom stereocenters. The zero-order chi connectivity index (χ0) is 12.8. The van der Waals surface area contributed by atoms with Crippen molar-refractivity contribution in [2.45, 2.75) is 6.61 Å². The lowest BCUT2D eigenvalue weighted by Crippen LogP contribution is -1.99. The highest BCUT2D eigenvalue weighted by molar-refractivity contribution is 6.03. The van der Waals surface area contributed by atoms with Gasteiger partial charge in [-0.25, -0.2) is 4.98 Å². The van der Waals surface area contributed by atoms with Crippen molar-refractivity contribution < 1.29 is 9.53 Å². The number of aromatic nitrogens is 1. The van der Waals surface area contributed by atoms with Crippen LogP contribution in [-0.2, 0) is 6.61 Å². The molecule has 3 heteroatoms. The van der Waals surface area contributed by atoms with Gasteiger partial charge >= 0.3 is 0 Å². The zero-order valence-corrected chi connectivity index (χ0v) is 9.87. The van der Waals surface area contributed by atoms with Crippen LogP contribution in [0.25, 0.3) is 0 Å². The molecule has 0 saturated carbocycles. The molecule has 0 radical (unpaired) electrons. The molecule has 90 valence electrons. The summed E-state index contributed by atoms with van der Waals surface area (Å²) >= 11 is 0. The normalized spacial score (nSPS) is 9.78. The van der Waals surface area contributed by atoms with Gasteiger partial charge in [-0.05, 0) is 17.7 Å². The van der Waals surface area contributed by atoms with Gasteiger partial charge in [0.2, 0.25) is 5.88 Å². The van der Waals surface area contributed by atoms with E-state index < -0.39 is 0 Å². The third-order valence-corrected chi connectivity index (χ3v) is 2.44. The molecule has 0 saturated heterocycles. The van der Waals surface area contributed by atoms with Crippen molar-refractivity contribution in [3.63, 3.8) is 0 Å². The van der Waals surface area contributed by atoms with Gasteiger partial charge in [0.25, 0.3) is 0 Å². The molecule has 0 aliphatic rings. The van der Waals surface area contributed by atoms with Gasteiger partial charge in [-0.2, -0.15) is 0 Å². The van der Waals surface area contributed by atoms with E-state index in [0.29, 0.717) is 18.1 Å². The Kier molecular flexibility index (Phi) is 3.86. The molecule has 1 aromatic heterocycles. The number of hydrogen-bond acceptors (Lipinski definition) is 3. The van der Waals surface area contributed by atoms with E-state index in [-0.39, 0.29) is 5.78 Å². The number of pyridine rings is 1. The summed E-state index contributed by atoms with van der Waals surface area (Å²) in [6, 6.07) is 13.2. The van der Waals surface area contributed by atoms with Crippen molar-refractivity contribution >= 4 is 5.78 Å². The van der Waals surface area contributed by atoms with Crippen molar-refractivity contribution in [3.8, 4) is 5.88 Å². The maximum Gasteiger partial charge on any atom is 0.213 e. The maximum atomic E-state index is 11.3. The van der Waals surface area contributed by atoms with Crippen molar-refractivity contribution in [2.24, 2.45) is 0 Å². The first-order chi connectivity index (χ1) is 8.79. The van der Waals surface area contributed by atoms with Crippen LogP contribution in [0.1, 0.15) is 15.9 Å². The van der Waals surface area contributed by atoms with Crippen molar-refractivity contribution in [1.82, 2.24) is 4.98 Å². The summed E-state index contributed by atoms with van der Waals surface area (Å²) in [5.74, 6) is 0.358. The van der Waals surface area contributed by atoms with Crippen LogP contribution in [0.15, 0.2) is 61.3 Å². The fourth-order valence-electron chi connectivity index (χ4n) is 1.46. The molecule has 0 aliphatic carbocycles. The van der Waals surface area contributed by atoms with Crippen LogP contribution in [-0.4, -0.2) is 10.8 Å². The van der Waals surface area contributed by atoms with E-state index in [1.165, 1.54) is 12.3 Å². The molecule has 0 atom stereocenters. The number of nitrogens with zero attached hydrogens (tertiary/aromatic N) is 1. The fourth-order valence-corrected chi connectivity index (χ4v) is 1.46. The van der Waals surface area contributed by atoms with Crippen molar-refractivity contribution in [2.75, 3.05) is 0 Å². The minimum absolute atomic E-state index is 0.142. The highest BCUT2D eigenvalue weighted by atomic mass is 16.5. The summed E-state index contributed by atoms with van der Waals surface area (Å²) in [7, 11) is 0. The average molecular weight is 239 g/mol. The Morgan fingerprint density at radius 1 is 1.22 bits per heavy atom. The molecule has 3 nitrogen and oxygen atoms in total. The van der Waals surface area contributed by atoms with Gasteiger partial charge in [-0.15, -0.1) is 0 Å². The second-order valence-electron chi connectivity index (χ2n) is 3.73. The topological polar surface area (TPSA) is 39.2 Å². The van der Waals surface area contributed by atoms with Gasteiger partial charge in [0, 0.05) is 17.8 Å². The van der Waals surface area contributed by atoms with Crippen LogP contribution in [0.2, 0.25) is 0 Å². The first-order valence-electron chi connectivity index (χ1n) is 5.59. The number of carbonyl (C=O) groups excluding carboxylic acids is 1. The Hall–Kier alpha value is -2.42. The lowest BCUT2D eigenvalue weighted by molar-refractivity contribution is 0.104. The number of benzene rings is 1. The molecule has 0 amide bonds. The van der Waals surface area contributed by atoms with Crippen molar-refractivity contribution in [3.05, 3.63) is 72.4 Å². The molecule has 18 heavy (non-hydrogen) atoms. The molecule has 0 bridgehead atoms. The van der Waals surface area contributed by atoms with Crippen LogP contribution in [0.5, 0.6) is 5.88 Å². The lowest BCUT2D eigenvalue weighted by atomic mass is 10.2. The summed E-state index contributed by atoms with van der Waals surface area (Å²) in [4.78, 5) is 15.4. The Morgan fingerprint density at radius 2 is 2.00 bits per heavy atom. The summed E-state index contributed by atoms with van der Waals surface area (Å²) in [5.41, 5.74) is 1.59. The molecule has 1 aromatic carbocycles.